The molecule has 0 bridgehead atoms. The summed E-state index contributed by atoms with van der Waals surface area (Å²) in [7, 11) is 0. The lowest BCUT2D eigenvalue weighted by atomic mass is 10.3. The average Bonchev–Trinajstić information content (AvgIpc) is 2.12. The molecule has 0 aromatic heterocycles. The monoisotopic (exact) mass is 159 g/mol. The summed E-state index contributed by atoms with van der Waals surface area (Å²) >= 11 is 2.00. The zero-order valence-electron chi connectivity index (χ0n) is 7.18. The normalized spacial score (nSPS) is 21.9. The van der Waals surface area contributed by atoms with Gasteiger partial charge in [-0.2, -0.15) is 0 Å². The van der Waals surface area contributed by atoms with E-state index in [9.17, 15) is 0 Å². The van der Waals surface area contributed by atoms with Gasteiger partial charge in [-0.25, -0.2) is 0 Å². The van der Waals surface area contributed by atoms with Gasteiger partial charge in [0.15, 0.2) is 0 Å². The van der Waals surface area contributed by atoms with Crippen LogP contribution in [-0.2, 0) is 0 Å². The quantitative estimate of drug-likeness (QED) is 0.541. The smallest absolute Gasteiger partial charge is 0.0222 e. The Morgan fingerprint density at radius 2 is 1.60 bits per heavy atom. The third-order valence-electron chi connectivity index (χ3n) is 1.47. The SMILES string of the molecule is CC(C)(C)SN1CCCC1. The summed E-state index contributed by atoms with van der Waals surface area (Å²) in [6.45, 7) is 9.41. The molecule has 0 N–H and O–H groups in total. The Kier molecular flexibility index (Phi) is 2.64. The molecule has 60 valence electrons. The van der Waals surface area contributed by atoms with E-state index < -0.39 is 0 Å². The van der Waals surface area contributed by atoms with E-state index in [4.69, 9.17) is 0 Å². The third kappa shape index (κ3) is 2.93. The number of nitrogens with zero attached hydrogens (tertiary/aromatic N) is 1. The summed E-state index contributed by atoms with van der Waals surface area (Å²) in [5, 5.41) is 0. The van der Waals surface area contributed by atoms with Gasteiger partial charge in [0.05, 0.1) is 0 Å². The van der Waals surface area contributed by atoms with Crippen molar-refractivity contribution in [3.63, 3.8) is 0 Å². The van der Waals surface area contributed by atoms with Crippen LogP contribution in [0.25, 0.3) is 0 Å². The highest BCUT2D eigenvalue weighted by Gasteiger charge is 2.19. The highest BCUT2D eigenvalue weighted by molar-refractivity contribution is 7.98. The lowest BCUT2D eigenvalue weighted by Crippen LogP contribution is -2.20. The van der Waals surface area contributed by atoms with Crippen molar-refractivity contribution in [2.24, 2.45) is 0 Å². The van der Waals surface area contributed by atoms with Crippen molar-refractivity contribution in [3.8, 4) is 0 Å². The van der Waals surface area contributed by atoms with Crippen molar-refractivity contribution in [3.05, 3.63) is 0 Å². The molecular formula is C8H17NS. The topological polar surface area (TPSA) is 3.24 Å². The Morgan fingerprint density at radius 1 is 1.10 bits per heavy atom. The Balaban J connectivity index is 2.24. The van der Waals surface area contributed by atoms with E-state index in [1.165, 1.54) is 25.9 Å². The molecule has 1 aliphatic heterocycles. The molecule has 1 fully saturated rings. The molecule has 0 amide bonds. The van der Waals surface area contributed by atoms with E-state index >= 15 is 0 Å². The molecule has 1 saturated heterocycles. The summed E-state index contributed by atoms with van der Waals surface area (Å²) in [4.78, 5) is 0. The van der Waals surface area contributed by atoms with Gasteiger partial charge in [0, 0.05) is 17.8 Å². The summed E-state index contributed by atoms with van der Waals surface area (Å²) in [5.41, 5.74) is 0. The zero-order valence-corrected chi connectivity index (χ0v) is 8.00. The molecule has 1 aliphatic rings. The van der Waals surface area contributed by atoms with Crippen LogP contribution in [0, 0.1) is 0 Å². The average molecular weight is 159 g/mol. The number of hydrogen-bond donors (Lipinski definition) is 0. The number of hydrogen-bond acceptors (Lipinski definition) is 2. The van der Waals surface area contributed by atoms with Crippen LogP contribution in [0.15, 0.2) is 0 Å². The first-order valence-electron chi connectivity index (χ1n) is 4.02. The van der Waals surface area contributed by atoms with Crippen molar-refractivity contribution in [1.82, 2.24) is 4.31 Å². The first-order valence-corrected chi connectivity index (χ1v) is 4.79. The zero-order chi connectivity index (χ0) is 7.61. The van der Waals surface area contributed by atoms with Crippen LogP contribution in [-0.4, -0.2) is 22.1 Å². The minimum Gasteiger partial charge on any atom is -0.250 e. The highest BCUT2D eigenvalue weighted by atomic mass is 32.2. The molecule has 1 heterocycles. The van der Waals surface area contributed by atoms with Crippen LogP contribution in [0.2, 0.25) is 0 Å². The van der Waals surface area contributed by atoms with E-state index in [0.29, 0.717) is 4.75 Å². The van der Waals surface area contributed by atoms with Gasteiger partial charge < -0.3 is 0 Å². The first-order chi connectivity index (χ1) is 4.58. The molecule has 0 aromatic rings. The van der Waals surface area contributed by atoms with Crippen LogP contribution in [0.3, 0.4) is 0 Å². The van der Waals surface area contributed by atoms with Gasteiger partial charge >= 0.3 is 0 Å². The van der Waals surface area contributed by atoms with E-state index in [1.54, 1.807) is 0 Å². The van der Waals surface area contributed by atoms with Gasteiger partial charge in [-0.05, 0) is 33.6 Å². The van der Waals surface area contributed by atoms with Crippen molar-refractivity contribution in [1.29, 1.82) is 0 Å². The summed E-state index contributed by atoms with van der Waals surface area (Å²) < 4.78 is 2.89. The maximum atomic E-state index is 2.49. The molecule has 0 atom stereocenters. The van der Waals surface area contributed by atoms with Gasteiger partial charge in [0.1, 0.15) is 0 Å². The lowest BCUT2D eigenvalue weighted by Gasteiger charge is -2.24. The molecular weight excluding hydrogens is 142 g/mol. The van der Waals surface area contributed by atoms with E-state index in [2.05, 4.69) is 25.1 Å². The lowest BCUT2D eigenvalue weighted by molar-refractivity contribution is 0.569. The standard InChI is InChI=1S/C8H17NS/c1-8(2,3)10-9-6-4-5-7-9/h4-7H2,1-3H3. The van der Waals surface area contributed by atoms with Gasteiger partial charge in [0.2, 0.25) is 0 Å². The third-order valence-corrected chi connectivity index (χ3v) is 2.64. The fourth-order valence-corrected chi connectivity index (χ4v) is 2.38. The summed E-state index contributed by atoms with van der Waals surface area (Å²) in [5.74, 6) is 0. The van der Waals surface area contributed by atoms with Crippen LogP contribution in [0.1, 0.15) is 33.6 Å². The van der Waals surface area contributed by atoms with Gasteiger partial charge in [0.25, 0.3) is 0 Å². The van der Waals surface area contributed by atoms with Crippen molar-refractivity contribution < 1.29 is 0 Å². The van der Waals surface area contributed by atoms with Crippen LogP contribution >= 0.6 is 11.9 Å². The Labute approximate surface area is 68.3 Å². The maximum Gasteiger partial charge on any atom is 0.0222 e. The Hall–Kier alpha value is 0.310. The first kappa shape index (κ1) is 8.41. The molecule has 10 heavy (non-hydrogen) atoms. The molecule has 0 aliphatic carbocycles. The van der Waals surface area contributed by atoms with Crippen molar-refractivity contribution in [2.45, 2.75) is 38.4 Å². The van der Waals surface area contributed by atoms with Gasteiger partial charge in [-0.15, -0.1) is 0 Å². The second-order valence-electron chi connectivity index (χ2n) is 3.84. The number of rotatable bonds is 1. The maximum absolute atomic E-state index is 2.49. The second-order valence-corrected chi connectivity index (χ2v) is 5.76. The van der Waals surface area contributed by atoms with E-state index in [-0.39, 0.29) is 0 Å². The fourth-order valence-electron chi connectivity index (χ4n) is 1.17. The van der Waals surface area contributed by atoms with Crippen molar-refractivity contribution >= 4 is 11.9 Å². The predicted molar refractivity (Wildman–Crippen MR) is 48.2 cm³/mol. The molecule has 1 nitrogen and oxygen atoms in total. The van der Waals surface area contributed by atoms with Crippen molar-refractivity contribution in [2.75, 3.05) is 13.1 Å². The Morgan fingerprint density at radius 3 is 2.00 bits per heavy atom. The molecule has 1 rings (SSSR count). The molecule has 0 spiro atoms. The van der Waals surface area contributed by atoms with Gasteiger partial charge in [-0.3, -0.25) is 4.31 Å². The molecule has 2 heteroatoms. The molecule has 0 unspecified atom stereocenters. The van der Waals surface area contributed by atoms with Gasteiger partial charge in [-0.1, -0.05) is 11.9 Å². The van der Waals surface area contributed by atoms with Crippen LogP contribution in [0.5, 0.6) is 0 Å². The molecule has 0 radical (unpaired) electrons. The predicted octanol–water partition coefficient (Wildman–Crippen LogP) is 2.53. The van der Waals surface area contributed by atoms with E-state index in [0.717, 1.165) is 0 Å². The molecule has 0 saturated carbocycles. The largest absolute Gasteiger partial charge is 0.250 e. The summed E-state index contributed by atoms with van der Waals surface area (Å²) in [6, 6.07) is 0. The minimum atomic E-state index is 0.407. The minimum absolute atomic E-state index is 0.407. The highest BCUT2D eigenvalue weighted by Crippen LogP contribution is 2.29. The molecule has 0 aromatic carbocycles. The Bertz CT molecular complexity index is 100. The van der Waals surface area contributed by atoms with Crippen LogP contribution < -0.4 is 0 Å². The summed E-state index contributed by atoms with van der Waals surface area (Å²) in [6.07, 6.45) is 2.78. The fraction of sp³-hybridized carbons (Fsp3) is 1.00. The van der Waals surface area contributed by atoms with Crippen LogP contribution in [0.4, 0.5) is 0 Å². The van der Waals surface area contributed by atoms with E-state index in [1.807, 2.05) is 11.9 Å². The second kappa shape index (κ2) is 3.14.